The summed E-state index contributed by atoms with van der Waals surface area (Å²) in [6.45, 7) is 8.93. The topological polar surface area (TPSA) is 50.1 Å². The van der Waals surface area contributed by atoms with Crippen LogP contribution in [0.4, 0.5) is 19.0 Å². The zero-order valence-corrected chi connectivity index (χ0v) is 21.1. The molecule has 0 saturated carbocycles. The molecule has 2 saturated heterocycles. The quantitative estimate of drug-likeness (QED) is 0.412. The van der Waals surface area contributed by atoms with Crippen LogP contribution in [0, 0.1) is 11.8 Å². The Bertz CT molecular complexity index is 1220. The lowest BCUT2D eigenvalue weighted by Gasteiger charge is -2.47. The number of nitrogens with zero attached hydrogens (tertiary/aromatic N) is 6. The first-order valence-corrected chi connectivity index (χ1v) is 12.7. The smallest absolute Gasteiger partial charge is 0.355 e. The molecule has 0 bridgehead atoms. The largest absolute Gasteiger partial charge is 0.437 e. The number of likely N-dealkylation sites (tertiary alicyclic amines) is 1. The number of aromatic nitrogens is 4. The number of piperidine rings is 1. The Balaban J connectivity index is 1.45. The zero-order valence-electron chi connectivity index (χ0n) is 19.6. The van der Waals surface area contributed by atoms with Crippen LogP contribution in [0.1, 0.15) is 44.0 Å². The molecular formula is C24H27Cl2F3N6. The van der Waals surface area contributed by atoms with Gasteiger partial charge in [0, 0.05) is 29.7 Å². The highest BCUT2D eigenvalue weighted by molar-refractivity contribution is 6.35. The summed E-state index contributed by atoms with van der Waals surface area (Å²) in [6, 6.07) is 4.30. The molecule has 6 nitrogen and oxygen atoms in total. The Kier molecular flexibility index (Phi) is 6.61. The number of halogens is 5. The van der Waals surface area contributed by atoms with E-state index < -0.39 is 17.9 Å². The molecule has 3 aromatic rings. The van der Waals surface area contributed by atoms with Gasteiger partial charge in [-0.25, -0.2) is 14.6 Å². The summed E-state index contributed by atoms with van der Waals surface area (Å²) >= 11 is 12.4. The van der Waals surface area contributed by atoms with Gasteiger partial charge in [-0.05, 0) is 62.4 Å². The molecule has 2 fully saturated rings. The van der Waals surface area contributed by atoms with Gasteiger partial charge >= 0.3 is 6.18 Å². The first-order chi connectivity index (χ1) is 16.7. The van der Waals surface area contributed by atoms with Gasteiger partial charge < -0.3 is 9.80 Å². The van der Waals surface area contributed by atoms with Crippen LogP contribution in [0.15, 0.2) is 24.4 Å². The standard InChI is InChI=1S/C24H27Cl2F3N6/c1-3-33-8-4-5-15(11-33)16-12-34(13-16)20-10-30-21-22(24(27,28)29)32-35(23(21)31-20)14(2)18-7-6-17(25)9-19(18)26/h6-7,9-10,14-16H,3-5,8,11-13H2,1-2H3/t14-,15+/m1/s1. The van der Waals surface area contributed by atoms with Crippen LogP contribution < -0.4 is 4.90 Å². The maximum Gasteiger partial charge on any atom is 0.437 e. The molecular weight excluding hydrogens is 500 g/mol. The molecule has 4 heterocycles. The molecule has 1 aromatic carbocycles. The van der Waals surface area contributed by atoms with Crippen molar-refractivity contribution in [2.45, 2.75) is 38.9 Å². The Morgan fingerprint density at radius 1 is 1.14 bits per heavy atom. The minimum absolute atomic E-state index is 0.0895. The van der Waals surface area contributed by atoms with Crippen LogP contribution in [-0.4, -0.2) is 57.4 Å². The van der Waals surface area contributed by atoms with Gasteiger partial charge in [0.25, 0.3) is 0 Å². The second-order valence-electron chi connectivity index (χ2n) is 9.49. The molecule has 5 rings (SSSR count). The molecule has 2 atom stereocenters. The average molecular weight is 527 g/mol. The fourth-order valence-electron chi connectivity index (χ4n) is 5.25. The van der Waals surface area contributed by atoms with Gasteiger partial charge in [0.15, 0.2) is 11.3 Å². The number of rotatable bonds is 5. The molecule has 0 amide bonds. The SMILES string of the molecule is CCN1CCC[C@H](C2CN(c3cnc4c(C(F)(F)F)nn([C@H](C)c5ccc(Cl)cc5Cl)c4n3)C2)C1. The van der Waals surface area contributed by atoms with Crippen LogP contribution in [-0.2, 0) is 6.18 Å². The number of benzene rings is 1. The highest BCUT2D eigenvalue weighted by Crippen LogP contribution is 2.38. The third-order valence-corrected chi connectivity index (χ3v) is 7.89. The molecule has 188 valence electrons. The molecule has 2 aliphatic heterocycles. The van der Waals surface area contributed by atoms with E-state index in [1.54, 1.807) is 25.1 Å². The third kappa shape index (κ3) is 4.70. The van der Waals surface area contributed by atoms with E-state index in [1.807, 2.05) is 0 Å². The molecule has 35 heavy (non-hydrogen) atoms. The average Bonchev–Trinajstić information content (AvgIpc) is 3.17. The van der Waals surface area contributed by atoms with Crippen molar-refractivity contribution >= 4 is 40.2 Å². The summed E-state index contributed by atoms with van der Waals surface area (Å²) in [6.07, 6.45) is -0.789. The van der Waals surface area contributed by atoms with Crippen molar-refractivity contribution in [2.24, 2.45) is 11.8 Å². The molecule has 0 spiro atoms. The van der Waals surface area contributed by atoms with Gasteiger partial charge in [-0.1, -0.05) is 36.2 Å². The molecule has 0 aliphatic carbocycles. The maximum atomic E-state index is 13.8. The van der Waals surface area contributed by atoms with Gasteiger partial charge in [-0.15, -0.1) is 0 Å². The Labute approximate surface area is 212 Å². The second kappa shape index (κ2) is 9.41. The Morgan fingerprint density at radius 3 is 2.60 bits per heavy atom. The van der Waals surface area contributed by atoms with Crippen LogP contribution in [0.2, 0.25) is 10.0 Å². The monoisotopic (exact) mass is 526 g/mol. The lowest BCUT2D eigenvalue weighted by Crippen LogP contribution is -2.53. The second-order valence-corrected chi connectivity index (χ2v) is 10.3. The zero-order chi connectivity index (χ0) is 24.9. The first kappa shape index (κ1) is 24.6. The summed E-state index contributed by atoms with van der Waals surface area (Å²) in [5.41, 5.74) is -0.622. The van der Waals surface area contributed by atoms with Crippen molar-refractivity contribution in [2.75, 3.05) is 37.6 Å². The maximum absolute atomic E-state index is 13.8. The van der Waals surface area contributed by atoms with Crippen LogP contribution >= 0.6 is 23.2 Å². The summed E-state index contributed by atoms with van der Waals surface area (Å²) in [7, 11) is 0. The fraction of sp³-hybridized carbons (Fsp3) is 0.542. The van der Waals surface area contributed by atoms with Crippen molar-refractivity contribution in [1.82, 2.24) is 24.6 Å². The van der Waals surface area contributed by atoms with Crippen molar-refractivity contribution in [3.05, 3.63) is 45.7 Å². The molecule has 0 N–H and O–H groups in total. The van der Waals surface area contributed by atoms with E-state index in [1.165, 1.54) is 23.7 Å². The molecule has 11 heteroatoms. The van der Waals surface area contributed by atoms with E-state index >= 15 is 0 Å². The van der Waals surface area contributed by atoms with Crippen LogP contribution in [0.5, 0.6) is 0 Å². The van der Waals surface area contributed by atoms with Crippen molar-refractivity contribution in [3.8, 4) is 0 Å². The normalized spacial score (nSPS) is 20.9. The summed E-state index contributed by atoms with van der Waals surface area (Å²) < 4.78 is 42.6. The lowest BCUT2D eigenvalue weighted by molar-refractivity contribution is -0.140. The van der Waals surface area contributed by atoms with Gasteiger partial charge in [0.2, 0.25) is 0 Å². The van der Waals surface area contributed by atoms with Crippen molar-refractivity contribution < 1.29 is 13.2 Å². The molecule has 0 radical (unpaired) electrons. The van der Waals surface area contributed by atoms with Gasteiger partial charge in [0.1, 0.15) is 11.3 Å². The number of hydrogen-bond donors (Lipinski definition) is 0. The van der Waals surface area contributed by atoms with Crippen LogP contribution in [0.25, 0.3) is 11.2 Å². The minimum Gasteiger partial charge on any atom is -0.355 e. The third-order valence-electron chi connectivity index (χ3n) is 7.33. The van der Waals surface area contributed by atoms with E-state index in [0.717, 1.165) is 32.7 Å². The van der Waals surface area contributed by atoms with Gasteiger partial charge in [-0.3, -0.25) is 0 Å². The van der Waals surface area contributed by atoms with Crippen molar-refractivity contribution in [3.63, 3.8) is 0 Å². The Morgan fingerprint density at radius 2 is 1.91 bits per heavy atom. The van der Waals surface area contributed by atoms with E-state index in [2.05, 4.69) is 31.8 Å². The fourth-order valence-corrected chi connectivity index (χ4v) is 5.81. The van der Waals surface area contributed by atoms with Gasteiger partial charge in [-0.2, -0.15) is 18.3 Å². The summed E-state index contributed by atoms with van der Waals surface area (Å²) in [5, 5.41) is 4.70. The molecule has 2 aromatic heterocycles. The number of alkyl halides is 3. The molecule has 0 unspecified atom stereocenters. The number of anilines is 1. The number of hydrogen-bond acceptors (Lipinski definition) is 5. The van der Waals surface area contributed by atoms with E-state index in [4.69, 9.17) is 23.2 Å². The lowest BCUT2D eigenvalue weighted by atomic mass is 9.80. The highest BCUT2D eigenvalue weighted by Gasteiger charge is 2.40. The number of fused-ring (bicyclic) bond motifs is 1. The highest BCUT2D eigenvalue weighted by atomic mass is 35.5. The summed E-state index contributed by atoms with van der Waals surface area (Å²) in [4.78, 5) is 13.4. The predicted octanol–water partition coefficient (Wildman–Crippen LogP) is 5.93. The van der Waals surface area contributed by atoms with E-state index in [0.29, 0.717) is 33.3 Å². The first-order valence-electron chi connectivity index (χ1n) is 11.9. The van der Waals surface area contributed by atoms with E-state index in [9.17, 15) is 13.2 Å². The van der Waals surface area contributed by atoms with E-state index in [-0.39, 0.29) is 11.2 Å². The van der Waals surface area contributed by atoms with Crippen LogP contribution in [0.3, 0.4) is 0 Å². The Hall–Kier alpha value is -2.10. The van der Waals surface area contributed by atoms with Gasteiger partial charge in [0.05, 0.1) is 12.2 Å². The predicted molar refractivity (Wildman–Crippen MR) is 131 cm³/mol. The van der Waals surface area contributed by atoms with Crippen molar-refractivity contribution in [1.29, 1.82) is 0 Å². The molecule has 2 aliphatic rings. The minimum atomic E-state index is -4.66. The summed E-state index contributed by atoms with van der Waals surface area (Å²) in [5.74, 6) is 1.77.